The second kappa shape index (κ2) is 9.20. The number of carbonyl (C=O) groups is 2. The molecule has 0 atom stereocenters. The topological polar surface area (TPSA) is 114 Å². The Morgan fingerprint density at radius 2 is 1.62 bits per heavy atom. The molecule has 0 aliphatic carbocycles. The van der Waals surface area contributed by atoms with Crippen molar-refractivity contribution in [2.45, 2.75) is 9.79 Å². The number of rotatable bonds is 6. The third kappa shape index (κ3) is 4.53. The summed E-state index contributed by atoms with van der Waals surface area (Å²) in [6.45, 7) is 0. The zero-order chi connectivity index (χ0) is 22.5. The Labute approximate surface area is 188 Å². The van der Waals surface area contributed by atoms with E-state index >= 15 is 0 Å². The highest BCUT2D eigenvalue weighted by Crippen LogP contribution is 2.33. The van der Waals surface area contributed by atoms with E-state index in [1.54, 1.807) is 48.7 Å². The van der Waals surface area contributed by atoms with Gasteiger partial charge in [-0.1, -0.05) is 36.0 Å². The van der Waals surface area contributed by atoms with Crippen LogP contribution in [0.15, 0.2) is 94.9 Å². The molecule has 0 saturated heterocycles. The number of carbonyl (C=O) groups excluding carboxylic acids is 2. The van der Waals surface area contributed by atoms with Gasteiger partial charge in [-0.25, -0.2) is 4.68 Å². The molecule has 0 saturated carbocycles. The van der Waals surface area contributed by atoms with Gasteiger partial charge in [0.05, 0.1) is 16.8 Å². The van der Waals surface area contributed by atoms with E-state index in [9.17, 15) is 14.9 Å². The molecule has 1 heterocycles. The van der Waals surface area contributed by atoms with Crippen molar-refractivity contribution >= 4 is 29.3 Å². The van der Waals surface area contributed by atoms with Crippen LogP contribution in [0.4, 0.5) is 5.69 Å². The molecular weight excluding hydrogens is 422 g/mol. The summed E-state index contributed by atoms with van der Waals surface area (Å²) in [7, 11) is 0. The fourth-order valence-electron chi connectivity index (χ4n) is 3.00. The van der Waals surface area contributed by atoms with Crippen LogP contribution in [0.3, 0.4) is 0 Å². The molecule has 32 heavy (non-hydrogen) atoms. The maximum absolute atomic E-state index is 13.0. The number of nitrogens with two attached hydrogens (primary N) is 1. The third-order valence-corrected chi connectivity index (χ3v) is 5.74. The number of aromatic nitrogens is 2. The van der Waals surface area contributed by atoms with Gasteiger partial charge < -0.3 is 11.1 Å². The molecule has 156 valence electrons. The van der Waals surface area contributed by atoms with E-state index in [4.69, 9.17) is 5.73 Å². The molecule has 0 radical (unpaired) electrons. The summed E-state index contributed by atoms with van der Waals surface area (Å²) in [6, 6.07) is 25.3. The Hall–Kier alpha value is -4.35. The number of amides is 2. The second-order valence-electron chi connectivity index (χ2n) is 6.72. The molecule has 4 aromatic rings. The van der Waals surface area contributed by atoms with Crippen molar-refractivity contribution < 1.29 is 9.59 Å². The van der Waals surface area contributed by atoms with Gasteiger partial charge in [-0.3, -0.25) is 9.59 Å². The standard InChI is InChI=1S/C24H17N5O2S/c25-15-16-5-1-3-7-21(16)32-22-8-4-2-6-19(22)24(31)27-17-9-11-18(12-10-17)29-14-13-20(28-29)23(26)30/h1-14H,(H2,26,30)(H,27,31). The van der Waals surface area contributed by atoms with Crippen molar-refractivity contribution in [3.63, 3.8) is 0 Å². The van der Waals surface area contributed by atoms with E-state index < -0.39 is 5.91 Å². The van der Waals surface area contributed by atoms with Crippen LogP contribution in [0.2, 0.25) is 0 Å². The van der Waals surface area contributed by atoms with Crippen LogP contribution in [0, 0.1) is 11.3 Å². The average Bonchev–Trinajstić information content (AvgIpc) is 3.31. The van der Waals surface area contributed by atoms with E-state index in [2.05, 4.69) is 16.5 Å². The van der Waals surface area contributed by atoms with Gasteiger partial charge in [-0.05, 0) is 54.6 Å². The minimum atomic E-state index is -0.596. The van der Waals surface area contributed by atoms with Gasteiger partial charge in [0.1, 0.15) is 11.8 Å². The van der Waals surface area contributed by atoms with E-state index in [1.165, 1.54) is 22.5 Å². The summed E-state index contributed by atoms with van der Waals surface area (Å²) in [4.78, 5) is 25.7. The Bertz CT molecular complexity index is 1340. The lowest BCUT2D eigenvalue weighted by molar-refractivity contribution is 0.0992. The predicted molar refractivity (Wildman–Crippen MR) is 122 cm³/mol. The highest BCUT2D eigenvalue weighted by molar-refractivity contribution is 7.99. The number of nitrogens with zero attached hydrogens (tertiary/aromatic N) is 3. The Morgan fingerprint density at radius 3 is 2.31 bits per heavy atom. The SMILES string of the molecule is N#Cc1ccccc1Sc1ccccc1C(=O)Nc1ccc(-n2ccc(C(N)=O)n2)cc1. The first-order chi connectivity index (χ1) is 15.5. The average molecular weight is 440 g/mol. The highest BCUT2D eigenvalue weighted by Gasteiger charge is 2.14. The number of anilines is 1. The van der Waals surface area contributed by atoms with Crippen LogP contribution >= 0.6 is 11.8 Å². The molecule has 0 bridgehead atoms. The fourth-order valence-corrected chi connectivity index (χ4v) is 4.03. The van der Waals surface area contributed by atoms with Crippen LogP contribution in [-0.4, -0.2) is 21.6 Å². The maximum Gasteiger partial charge on any atom is 0.269 e. The molecule has 0 spiro atoms. The molecular formula is C24H17N5O2S. The van der Waals surface area contributed by atoms with Gasteiger partial charge in [0, 0.05) is 21.7 Å². The number of hydrogen-bond acceptors (Lipinski definition) is 5. The smallest absolute Gasteiger partial charge is 0.269 e. The van der Waals surface area contributed by atoms with Gasteiger partial charge in [0.25, 0.3) is 11.8 Å². The van der Waals surface area contributed by atoms with Gasteiger partial charge in [-0.2, -0.15) is 10.4 Å². The Morgan fingerprint density at radius 1 is 0.938 bits per heavy atom. The summed E-state index contributed by atoms with van der Waals surface area (Å²) in [6.07, 6.45) is 1.64. The fraction of sp³-hybridized carbons (Fsp3) is 0. The van der Waals surface area contributed by atoms with E-state index in [0.717, 1.165) is 15.5 Å². The van der Waals surface area contributed by atoms with Gasteiger partial charge in [0.15, 0.2) is 0 Å². The highest BCUT2D eigenvalue weighted by atomic mass is 32.2. The lowest BCUT2D eigenvalue weighted by Gasteiger charge is -2.11. The van der Waals surface area contributed by atoms with Crippen molar-refractivity contribution in [1.29, 1.82) is 5.26 Å². The van der Waals surface area contributed by atoms with E-state index in [1.807, 2.05) is 30.3 Å². The quantitative estimate of drug-likeness (QED) is 0.466. The molecule has 3 N–H and O–H groups in total. The van der Waals surface area contributed by atoms with Gasteiger partial charge in [0.2, 0.25) is 0 Å². The van der Waals surface area contributed by atoms with E-state index in [0.29, 0.717) is 16.8 Å². The third-order valence-electron chi connectivity index (χ3n) is 4.59. The summed E-state index contributed by atoms with van der Waals surface area (Å²) >= 11 is 1.38. The molecule has 8 heteroatoms. The summed E-state index contributed by atoms with van der Waals surface area (Å²) in [5, 5.41) is 16.3. The molecule has 0 aliphatic rings. The monoisotopic (exact) mass is 439 g/mol. The first kappa shape index (κ1) is 20.9. The van der Waals surface area contributed by atoms with E-state index in [-0.39, 0.29) is 11.6 Å². The summed E-state index contributed by atoms with van der Waals surface area (Å²) in [5.41, 5.74) is 7.81. The lowest BCUT2D eigenvalue weighted by Crippen LogP contribution is -2.13. The molecule has 7 nitrogen and oxygen atoms in total. The first-order valence-electron chi connectivity index (χ1n) is 9.58. The minimum absolute atomic E-state index is 0.175. The normalized spacial score (nSPS) is 10.3. The summed E-state index contributed by atoms with van der Waals surface area (Å²) in [5.74, 6) is -0.855. The lowest BCUT2D eigenvalue weighted by atomic mass is 10.2. The molecule has 0 unspecified atom stereocenters. The largest absolute Gasteiger partial charge is 0.364 e. The van der Waals surface area contributed by atoms with Gasteiger partial charge in [-0.15, -0.1) is 0 Å². The molecule has 4 rings (SSSR count). The number of nitrogens with one attached hydrogen (secondary N) is 1. The number of hydrogen-bond donors (Lipinski definition) is 2. The summed E-state index contributed by atoms with van der Waals surface area (Å²) < 4.78 is 1.53. The van der Waals surface area contributed by atoms with Gasteiger partial charge >= 0.3 is 0 Å². The van der Waals surface area contributed by atoms with Crippen LogP contribution in [0.25, 0.3) is 5.69 Å². The van der Waals surface area contributed by atoms with Crippen LogP contribution in [0.1, 0.15) is 26.4 Å². The van der Waals surface area contributed by atoms with Crippen LogP contribution in [0.5, 0.6) is 0 Å². The van der Waals surface area contributed by atoms with Crippen LogP contribution in [-0.2, 0) is 0 Å². The second-order valence-corrected chi connectivity index (χ2v) is 7.80. The Balaban J connectivity index is 1.52. The Kier molecular flexibility index (Phi) is 6.01. The van der Waals surface area contributed by atoms with Crippen molar-refractivity contribution in [3.05, 3.63) is 102 Å². The minimum Gasteiger partial charge on any atom is -0.364 e. The molecule has 0 fully saturated rings. The van der Waals surface area contributed by atoms with Crippen molar-refractivity contribution in [2.24, 2.45) is 5.73 Å². The maximum atomic E-state index is 13.0. The zero-order valence-corrected chi connectivity index (χ0v) is 17.5. The van der Waals surface area contributed by atoms with Crippen LogP contribution < -0.4 is 11.1 Å². The van der Waals surface area contributed by atoms with Crippen molar-refractivity contribution in [3.8, 4) is 11.8 Å². The number of primary amides is 1. The van der Waals surface area contributed by atoms with Crippen molar-refractivity contribution in [1.82, 2.24) is 9.78 Å². The molecule has 1 aromatic heterocycles. The number of nitriles is 1. The number of benzene rings is 3. The predicted octanol–water partition coefficient (Wildman–Crippen LogP) is 4.25. The molecule has 0 aliphatic heterocycles. The molecule has 3 aromatic carbocycles. The zero-order valence-electron chi connectivity index (χ0n) is 16.7. The van der Waals surface area contributed by atoms with Crippen molar-refractivity contribution in [2.75, 3.05) is 5.32 Å². The molecule has 2 amide bonds. The first-order valence-corrected chi connectivity index (χ1v) is 10.4.